The van der Waals surface area contributed by atoms with E-state index in [1.165, 1.54) is 18.2 Å². The van der Waals surface area contributed by atoms with Crippen LogP contribution in [0.2, 0.25) is 0 Å². The van der Waals surface area contributed by atoms with Crippen molar-refractivity contribution in [3.05, 3.63) is 70.8 Å². The van der Waals surface area contributed by atoms with E-state index in [4.69, 9.17) is 4.74 Å². The second-order valence-corrected chi connectivity index (χ2v) is 6.15. The van der Waals surface area contributed by atoms with Crippen LogP contribution in [0.3, 0.4) is 0 Å². The van der Waals surface area contributed by atoms with E-state index in [-0.39, 0.29) is 11.6 Å². The smallest absolute Gasteiger partial charge is 0.407 e. The summed E-state index contributed by atoms with van der Waals surface area (Å²) in [5, 5.41) is 2.75. The third-order valence-electron chi connectivity index (χ3n) is 4.17. The first-order chi connectivity index (χ1) is 13.0. The molecule has 2 rings (SSSR count). The number of ketones is 1. The molecular weight excluding hydrogens is 352 g/mol. The molecule has 0 aromatic heterocycles. The molecule has 0 radical (unpaired) electrons. The molecular formula is C21H23F2NO3. The maximum Gasteiger partial charge on any atom is 0.407 e. The summed E-state index contributed by atoms with van der Waals surface area (Å²) in [4.78, 5) is 24.4. The largest absolute Gasteiger partial charge is 0.450 e. The van der Waals surface area contributed by atoms with Gasteiger partial charge in [0.25, 0.3) is 0 Å². The first kappa shape index (κ1) is 20.6. The van der Waals surface area contributed by atoms with Crippen LogP contribution < -0.4 is 5.32 Å². The first-order valence-electron chi connectivity index (χ1n) is 8.99. The number of hydrogen-bond donors (Lipinski definition) is 1. The highest BCUT2D eigenvalue weighted by atomic mass is 19.1. The molecule has 0 aliphatic heterocycles. The van der Waals surface area contributed by atoms with Crippen molar-refractivity contribution >= 4 is 11.9 Å². The fraction of sp³-hybridized carbons (Fsp3) is 0.333. The molecule has 1 unspecified atom stereocenters. The van der Waals surface area contributed by atoms with Crippen LogP contribution in [0.4, 0.5) is 13.6 Å². The Morgan fingerprint density at radius 3 is 2.37 bits per heavy atom. The highest BCUT2D eigenvalue weighted by Gasteiger charge is 2.20. The molecule has 6 heteroatoms. The lowest BCUT2D eigenvalue weighted by Gasteiger charge is -2.18. The monoisotopic (exact) mass is 375 g/mol. The maximum atomic E-state index is 13.9. The van der Waals surface area contributed by atoms with Crippen molar-refractivity contribution in [3.63, 3.8) is 0 Å². The zero-order chi connectivity index (χ0) is 19.8. The van der Waals surface area contributed by atoms with Gasteiger partial charge < -0.3 is 10.1 Å². The van der Waals surface area contributed by atoms with Gasteiger partial charge in [-0.2, -0.15) is 0 Å². The summed E-state index contributed by atoms with van der Waals surface area (Å²) in [5.74, 6) is -2.56. The zero-order valence-corrected chi connectivity index (χ0v) is 15.4. The van der Waals surface area contributed by atoms with Gasteiger partial charge in [-0.1, -0.05) is 44.5 Å². The number of nitrogens with one attached hydrogen (secondary N) is 1. The van der Waals surface area contributed by atoms with Gasteiger partial charge in [-0.05, 0) is 36.6 Å². The number of ether oxygens (including phenoxy) is 1. The lowest BCUT2D eigenvalue weighted by molar-refractivity contribution is 0.103. The Kier molecular flexibility index (Phi) is 7.46. The number of benzene rings is 2. The van der Waals surface area contributed by atoms with E-state index in [9.17, 15) is 18.4 Å². The molecule has 2 aromatic rings. The van der Waals surface area contributed by atoms with Crippen molar-refractivity contribution < 1.29 is 23.1 Å². The van der Waals surface area contributed by atoms with Crippen LogP contribution in [0.5, 0.6) is 0 Å². The minimum Gasteiger partial charge on any atom is -0.450 e. The molecule has 144 valence electrons. The summed E-state index contributed by atoms with van der Waals surface area (Å²) < 4.78 is 32.9. The summed E-state index contributed by atoms with van der Waals surface area (Å²) in [6, 6.07) is 9.31. The van der Waals surface area contributed by atoms with Gasteiger partial charge in [-0.25, -0.2) is 13.6 Å². The molecule has 2 aromatic carbocycles. The summed E-state index contributed by atoms with van der Waals surface area (Å²) in [6.07, 6.45) is 1.73. The maximum absolute atomic E-state index is 13.9. The molecule has 0 saturated carbocycles. The number of carbonyl (C=O) groups excluding carboxylic acids is 2. The van der Waals surface area contributed by atoms with Gasteiger partial charge in [0.15, 0.2) is 5.78 Å². The number of rotatable bonds is 8. The highest BCUT2D eigenvalue weighted by molar-refractivity contribution is 6.09. The number of hydrogen-bond acceptors (Lipinski definition) is 3. The number of carbonyl (C=O) groups is 2. The average Bonchev–Trinajstić information content (AvgIpc) is 2.66. The molecule has 1 atom stereocenters. The average molecular weight is 375 g/mol. The van der Waals surface area contributed by atoms with Crippen LogP contribution in [0, 0.1) is 11.6 Å². The van der Waals surface area contributed by atoms with Crippen LogP contribution in [-0.4, -0.2) is 18.5 Å². The Hall–Kier alpha value is -2.76. The normalized spacial score (nSPS) is 11.7. The van der Waals surface area contributed by atoms with E-state index in [0.29, 0.717) is 18.6 Å². The van der Waals surface area contributed by atoms with Crippen LogP contribution in [0.25, 0.3) is 0 Å². The van der Waals surface area contributed by atoms with Gasteiger partial charge in [-0.15, -0.1) is 0 Å². The third-order valence-corrected chi connectivity index (χ3v) is 4.17. The molecule has 0 spiro atoms. The molecule has 0 bridgehead atoms. The van der Waals surface area contributed by atoms with Crippen molar-refractivity contribution in [3.8, 4) is 0 Å². The predicted molar refractivity (Wildman–Crippen MR) is 98.7 cm³/mol. The Bertz CT molecular complexity index is 788. The van der Waals surface area contributed by atoms with Gasteiger partial charge in [0.2, 0.25) is 0 Å². The fourth-order valence-electron chi connectivity index (χ4n) is 2.67. The second kappa shape index (κ2) is 9.80. The van der Waals surface area contributed by atoms with E-state index in [2.05, 4.69) is 5.32 Å². The van der Waals surface area contributed by atoms with Crippen LogP contribution in [-0.2, 0) is 4.74 Å². The lowest BCUT2D eigenvalue weighted by atomic mass is 9.97. The summed E-state index contributed by atoms with van der Waals surface area (Å²) in [7, 11) is 0. The van der Waals surface area contributed by atoms with Crippen molar-refractivity contribution in [1.29, 1.82) is 0 Å². The fourth-order valence-corrected chi connectivity index (χ4v) is 2.67. The van der Waals surface area contributed by atoms with Gasteiger partial charge >= 0.3 is 6.09 Å². The summed E-state index contributed by atoms with van der Waals surface area (Å²) in [6.45, 7) is 4.21. The number of amides is 1. The second-order valence-electron chi connectivity index (χ2n) is 6.15. The Morgan fingerprint density at radius 2 is 1.74 bits per heavy atom. The Labute approximate surface area is 157 Å². The number of alkyl carbamates (subject to hydrolysis) is 1. The first-order valence-corrected chi connectivity index (χ1v) is 8.99. The zero-order valence-electron chi connectivity index (χ0n) is 15.4. The lowest BCUT2D eigenvalue weighted by Crippen LogP contribution is -2.29. The molecule has 27 heavy (non-hydrogen) atoms. The van der Waals surface area contributed by atoms with Crippen LogP contribution in [0.1, 0.15) is 60.6 Å². The molecule has 1 amide bonds. The molecule has 4 nitrogen and oxygen atoms in total. The van der Waals surface area contributed by atoms with Gasteiger partial charge in [0.05, 0.1) is 18.2 Å². The topological polar surface area (TPSA) is 55.4 Å². The van der Waals surface area contributed by atoms with Gasteiger partial charge in [0.1, 0.15) is 11.6 Å². The van der Waals surface area contributed by atoms with Crippen molar-refractivity contribution in [2.45, 2.75) is 39.2 Å². The summed E-state index contributed by atoms with van der Waals surface area (Å²) >= 11 is 0. The number of unbranched alkanes of at least 4 members (excludes halogenated alkanes) is 1. The van der Waals surface area contributed by atoms with Crippen molar-refractivity contribution in [2.24, 2.45) is 0 Å². The van der Waals surface area contributed by atoms with Crippen molar-refractivity contribution in [1.82, 2.24) is 5.32 Å². The SMILES string of the molecule is CCCCOC(=O)NC(CC)c1cccc(C(=O)c2c(F)cccc2F)c1. The minimum atomic E-state index is -0.907. The molecule has 0 heterocycles. The van der Waals surface area contributed by atoms with E-state index in [1.807, 2.05) is 13.8 Å². The number of halogens is 2. The van der Waals surface area contributed by atoms with E-state index in [1.54, 1.807) is 12.1 Å². The molecule has 0 aliphatic rings. The Balaban J connectivity index is 2.20. The van der Waals surface area contributed by atoms with E-state index < -0.39 is 29.1 Å². The highest BCUT2D eigenvalue weighted by Crippen LogP contribution is 2.22. The van der Waals surface area contributed by atoms with Gasteiger partial charge in [-0.3, -0.25) is 4.79 Å². The quantitative estimate of drug-likeness (QED) is 0.511. The Morgan fingerprint density at radius 1 is 1.07 bits per heavy atom. The van der Waals surface area contributed by atoms with Crippen LogP contribution in [0.15, 0.2) is 42.5 Å². The predicted octanol–water partition coefficient (Wildman–Crippen LogP) is 5.17. The summed E-state index contributed by atoms with van der Waals surface area (Å²) in [5.41, 5.74) is 0.221. The molecule has 0 saturated heterocycles. The van der Waals surface area contributed by atoms with Gasteiger partial charge in [0, 0.05) is 5.56 Å². The molecule has 0 fully saturated rings. The van der Waals surface area contributed by atoms with E-state index >= 15 is 0 Å². The van der Waals surface area contributed by atoms with E-state index in [0.717, 1.165) is 25.0 Å². The minimum absolute atomic E-state index is 0.149. The standard InChI is InChI=1S/C21H23F2NO3/c1-3-5-12-27-21(26)24-18(4-2)14-8-6-9-15(13-14)20(25)19-16(22)10-7-11-17(19)23/h6-11,13,18H,3-5,12H2,1-2H3,(H,24,26). The van der Waals surface area contributed by atoms with Crippen molar-refractivity contribution in [2.75, 3.05) is 6.61 Å². The van der Waals surface area contributed by atoms with Crippen LogP contribution >= 0.6 is 0 Å². The molecule has 0 aliphatic carbocycles. The molecule has 1 N–H and O–H groups in total. The third kappa shape index (κ3) is 5.36.